The van der Waals surface area contributed by atoms with E-state index in [-0.39, 0.29) is 10.7 Å². The summed E-state index contributed by atoms with van der Waals surface area (Å²) in [5.74, 6) is 0.190. The third-order valence-electron chi connectivity index (χ3n) is 2.63. The highest BCUT2D eigenvalue weighted by atomic mass is 79.9. The molecule has 0 aliphatic heterocycles. The predicted molar refractivity (Wildman–Crippen MR) is 53.7 cm³/mol. The van der Waals surface area contributed by atoms with Gasteiger partial charge < -0.3 is 10.4 Å². The van der Waals surface area contributed by atoms with Crippen LogP contribution in [0.3, 0.4) is 0 Å². The summed E-state index contributed by atoms with van der Waals surface area (Å²) < 4.78 is 1.40. The Morgan fingerprint density at radius 3 is 2.93 bits per heavy atom. The van der Waals surface area contributed by atoms with E-state index in [4.69, 9.17) is 0 Å². The fourth-order valence-electron chi connectivity index (χ4n) is 1.82. The Bertz CT molecular complexity index is 382. The van der Waals surface area contributed by atoms with Gasteiger partial charge in [0.15, 0.2) is 6.20 Å². The lowest BCUT2D eigenvalue weighted by molar-refractivity contribution is -0.760. The minimum atomic E-state index is 0.0867. The van der Waals surface area contributed by atoms with Gasteiger partial charge in [-0.25, -0.2) is 0 Å². The second kappa shape index (κ2) is 3.38. The van der Waals surface area contributed by atoms with Crippen LogP contribution < -0.4 is 9.46 Å². The molecule has 14 heavy (non-hydrogen) atoms. The van der Waals surface area contributed by atoms with Crippen molar-refractivity contribution in [1.82, 2.24) is 0 Å². The maximum Gasteiger partial charge on any atom is 0.437 e. The summed E-state index contributed by atoms with van der Waals surface area (Å²) in [6.07, 6.45) is 4.32. The van der Waals surface area contributed by atoms with Crippen LogP contribution in [0.4, 0.5) is 0 Å². The van der Waals surface area contributed by atoms with Crippen LogP contribution in [-0.4, -0.2) is 0 Å². The second-order valence-corrected chi connectivity index (χ2v) is 4.67. The van der Waals surface area contributed by atoms with Crippen LogP contribution in [0.1, 0.15) is 34.8 Å². The number of fused-ring (bicyclic) bond motifs is 1. The van der Waals surface area contributed by atoms with Crippen LogP contribution in [0.25, 0.3) is 0 Å². The topological polar surface area (TPSA) is 53.9 Å². The van der Waals surface area contributed by atoms with Gasteiger partial charge in [0.1, 0.15) is 4.83 Å². The largest absolute Gasteiger partial charge is 0.614 e. The molecule has 0 spiro atoms. The lowest BCUT2D eigenvalue weighted by Gasteiger charge is -2.18. The molecular formula is C9H11BrN2O2. The first-order valence-electron chi connectivity index (χ1n) is 4.60. The highest BCUT2D eigenvalue weighted by Gasteiger charge is 2.31. The molecular weight excluding hydrogens is 248 g/mol. The predicted octanol–water partition coefficient (Wildman–Crippen LogP) is 1.03. The normalized spacial score (nSPS) is 20.6. The number of hydrogen-bond acceptors (Lipinski definition) is 2. The van der Waals surface area contributed by atoms with Gasteiger partial charge in [0, 0.05) is 0 Å². The molecule has 0 amide bonds. The molecule has 1 aliphatic carbocycles. The van der Waals surface area contributed by atoms with E-state index in [1.165, 1.54) is 13.1 Å². The molecule has 1 unspecified atom stereocenters. The van der Waals surface area contributed by atoms with Crippen LogP contribution in [0.2, 0.25) is 0 Å². The number of hydrogen-bond donors (Lipinski definition) is 0. The molecule has 2 rings (SSSR count). The third-order valence-corrected chi connectivity index (χ3v) is 3.53. The number of aromatic nitrogens is 2. The Hall–Kier alpha value is -0.840. The van der Waals surface area contributed by atoms with Gasteiger partial charge in [-0.15, -0.1) is 9.46 Å². The molecule has 76 valence electrons. The van der Waals surface area contributed by atoms with Crippen molar-refractivity contribution < 1.29 is 9.46 Å². The van der Waals surface area contributed by atoms with Crippen molar-refractivity contribution in [3.8, 4) is 0 Å². The Kier molecular flexibility index (Phi) is 2.34. The van der Waals surface area contributed by atoms with Crippen LogP contribution in [0.5, 0.6) is 0 Å². The van der Waals surface area contributed by atoms with Crippen molar-refractivity contribution in [2.75, 3.05) is 0 Å². The second-order valence-electron chi connectivity index (χ2n) is 3.57. The Balaban J connectivity index is 2.64. The number of rotatable bonds is 0. The third kappa shape index (κ3) is 1.35. The van der Waals surface area contributed by atoms with E-state index in [9.17, 15) is 10.4 Å². The molecule has 5 heteroatoms. The fourth-order valence-corrected chi connectivity index (χ4v) is 2.63. The van der Waals surface area contributed by atoms with E-state index in [1.54, 1.807) is 0 Å². The highest BCUT2D eigenvalue weighted by molar-refractivity contribution is 9.09. The maximum absolute atomic E-state index is 11.7. The lowest BCUT2D eigenvalue weighted by atomic mass is 9.97. The molecule has 0 saturated carbocycles. The molecule has 0 bridgehead atoms. The van der Waals surface area contributed by atoms with Gasteiger partial charge in [-0.2, -0.15) is 0 Å². The maximum atomic E-state index is 11.7. The first-order chi connectivity index (χ1) is 6.61. The molecule has 1 aromatic rings. The monoisotopic (exact) mass is 258 g/mol. The molecule has 1 atom stereocenters. The average molecular weight is 259 g/mol. The molecule has 0 fully saturated rings. The SMILES string of the molecule is Cc1[n+]([O-])cc2c([n+]1[O-])C(Br)CCC2. The standard InChI is InChI=1S/C9H11BrN2O2/c1-6-11(13)5-7-3-2-4-8(10)9(7)12(6)14/h5,8H,2-4H2,1H3. The van der Waals surface area contributed by atoms with Crippen LogP contribution in [-0.2, 0) is 6.42 Å². The summed E-state index contributed by atoms with van der Waals surface area (Å²) in [6.45, 7) is 1.54. The van der Waals surface area contributed by atoms with E-state index in [0.29, 0.717) is 10.4 Å². The summed E-state index contributed by atoms with van der Waals surface area (Å²) in [7, 11) is 0. The zero-order valence-corrected chi connectivity index (χ0v) is 9.45. The van der Waals surface area contributed by atoms with Gasteiger partial charge in [-0.1, -0.05) is 15.9 Å². The van der Waals surface area contributed by atoms with Crippen molar-refractivity contribution >= 4 is 15.9 Å². The van der Waals surface area contributed by atoms with Crippen molar-refractivity contribution in [1.29, 1.82) is 0 Å². The quantitative estimate of drug-likeness (QED) is 0.397. The van der Waals surface area contributed by atoms with Crippen molar-refractivity contribution in [2.24, 2.45) is 0 Å². The van der Waals surface area contributed by atoms with E-state index in [1.807, 2.05) is 0 Å². The van der Waals surface area contributed by atoms with E-state index < -0.39 is 0 Å². The van der Waals surface area contributed by atoms with E-state index >= 15 is 0 Å². The molecule has 1 aromatic heterocycles. The summed E-state index contributed by atoms with van der Waals surface area (Å²) in [4.78, 5) is 0.0867. The van der Waals surface area contributed by atoms with E-state index in [0.717, 1.165) is 29.6 Å². The van der Waals surface area contributed by atoms with Gasteiger partial charge in [-0.05, 0) is 19.3 Å². The minimum absolute atomic E-state index is 0.0867. The number of aryl methyl sites for hydroxylation is 1. The summed E-state index contributed by atoms with van der Waals surface area (Å²) in [5.41, 5.74) is 1.58. The molecule has 0 aromatic carbocycles. The molecule has 0 radical (unpaired) electrons. The Labute approximate surface area is 90.5 Å². The molecule has 0 N–H and O–H groups in total. The van der Waals surface area contributed by atoms with Gasteiger partial charge in [0.2, 0.25) is 5.69 Å². The van der Waals surface area contributed by atoms with Crippen LogP contribution in [0.15, 0.2) is 6.20 Å². The summed E-state index contributed by atoms with van der Waals surface area (Å²) in [5, 5.41) is 23.0. The zero-order valence-electron chi connectivity index (χ0n) is 7.86. The van der Waals surface area contributed by atoms with Gasteiger partial charge in [0.05, 0.1) is 12.5 Å². The molecule has 1 heterocycles. The number of alkyl halides is 1. The summed E-state index contributed by atoms with van der Waals surface area (Å²) in [6, 6.07) is 0. The Morgan fingerprint density at radius 2 is 2.21 bits per heavy atom. The fraction of sp³-hybridized carbons (Fsp3) is 0.556. The van der Waals surface area contributed by atoms with Crippen LogP contribution in [0, 0.1) is 17.3 Å². The average Bonchev–Trinajstić information content (AvgIpc) is 2.14. The van der Waals surface area contributed by atoms with E-state index in [2.05, 4.69) is 15.9 Å². The smallest absolute Gasteiger partial charge is 0.437 e. The summed E-state index contributed by atoms with van der Waals surface area (Å²) >= 11 is 3.46. The molecule has 0 saturated heterocycles. The highest BCUT2D eigenvalue weighted by Crippen LogP contribution is 2.32. The lowest BCUT2D eigenvalue weighted by Crippen LogP contribution is -2.50. The van der Waals surface area contributed by atoms with Crippen LogP contribution >= 0.6 is 15.9 Å². The van der Waals surface area contributed by atoms with Gasteiger partial charge >= 0.3 is 5.82 Å². The van der Waals surface area contributed by atoms with Gasteiger partial charge in [0.25, 0.3) is 0 Å². The van der Waals surface area contributed by atoms with Crippen molar-refractivity contribution in [3.05, 3.63) is 33.7 Å². The van der Waals surface area contributed by atoms with Crippen molar-refractivity contribution in [3.63, 3.8) is 0 Å². The van der Waals surface area contributed by atoms with Crippen molar-refractivity contribution in [2.45, 2.75) is 31.0 Å². The molecule has 1 aliphatic rings. The number of nitrogens with zero attached hydrogens (tertiary/aromatic N) is 2. The van der Waals surface area contributed by atoms with Gasteiger partial charge in [-0.3, -0.25) is 0 Å². The Morgan fingerprint density at radius 1 is 1.50 bits per heavy atom. The minimum Gasteiger partial charge on any atom is -0.614 e. The zero-order chi connectivity index (χ0) is 10.3. The number of halogens is 1. The first kappa shape index (κ1) is 9.71. The molecule has 4 nitrogen and oxygen atoms in total. The first-order valence-corrected chi connectivity index (χ1v) is 5.52.